The molecule has 2 heterocycles. The highest BCUT2D eigenvalue weighted by Gasteiger charge is 2.24. The minimum Gasteiger partial charge on any atom is -0.399 e. The van der Waals surface area contributed by atoms with Crippen LogP contribution in [0.5, 0.6) is 0 Å². The van der Waals surface area contributed by atoms with Gasteiger partial charge in [-0.2, -0.15) is 0 Å². The van der Waals surface area contributed by atoms with Gasteiger partial charge < -0.3 is 10.6 Å². The minimum atomic E-state index is 0.549. The second kappa shape index (κ2) is 5.25. The van der Waals surface area contributed by atoms with Crippen LogP contribution in [0.25, 0.3) is 10.9 Å². The summed E-state index contributed by atoms with van der Waals surface area (Å²) < 4.78 is 0. The van der Waals surface area contributed by atoms with Gasteiger partial charge in [-0.05, 0) is 31.7 Å². The van der Waals surface area contributed by atoms with Crippen molar-refractivity contribution in [2.24, 2.45) is 0 Å². The molecule has 1 aromatic carbocycles. The van der Waals surface area contributed by atoms with Gasteiger partial charge >= 0.3 is 0 Å². The molecular weight excluding hydrogens is 250 g/mol. The molecule has 106 valence electrons. The van der Waals surface area contributed by atoms with E-state index in [2.05, 4.69) is 33.6 Å². The van der Waals surface area contributed by atoms with Crippen molar-refractivity contribution >= 4 is 22.4 Å². The average molecular weight is 271 g/mol. The molecular formula is C15H21N5. The molecule has 0 radical (unpaired) electrons. The fraction of sp³-hybridized carbons (Fsp3) is 0.467. The Morgan fingerprint density at radius 2 is 2.15 bits per heavy atom. The molecule has 0 aliphatic carbocycles. The Labute approximate surface area is 119 Å². The van der Waals surface area contributed by atoms with Gasteiger partial charge in [0.15, 0.2) is 0 Å². The summed E-state index contributed by atoms with van der Waals surface area (Å²) in [6.45, 7) is 8.69. The Balaban J connectivity index is 1.95. The molecule has 3 rings (SSSR count). The zero-order chi connectivity index (χ0) is 14.1. The Hall–Kier alpha value is -1.88. The van der Waals surface area contributed by atoms with E-state index in [9.17, 15) is 0 Å². The van der Waals surface area contributed by atoms with Crippen LogP contribution < -0.4 is 10.6 Å². The van der Waals surface area contributed by atoms with Crippen molar-refractivity contribution in [1.29, 1.82) is 0 Å². The third-order valence-electron chi connectivity index (χ3n) is 4.11. The highest BCUT2D eigenvalue weighted by atomic mass is 15.3. The van der Waals surface area contributed by atoms with Crippen LogP contribution in [0.1, 0.15) is 13.8 Å². The molecule has 1 fully saturated rings. The average Bonchev–Trinajstić information content (AvgIpc) is 2.46. The summed E-state index contributed by atoms with van der Waals surface area (Å²) in [4.78, 5) is 13.7. The van der Waals surface area contributed by atoms with Crippen LogP contribution in [-0.4, -0.2) is 47.1 Å². The largest absolute Gasteiger partial charge is 0.399 e. The van der Waals surface area contributed by atoms with Gasteiger partial charge in [0.25, 0.3) is 0 Å². The summed E-state index contributed by atoms with van der Waals surface area (Å²) >= 11 is 0. The molecule has 2 N–H and O–H groups in total. The molecule has 2 aromatic rings. The van der Waals surface area contributed by atoms with Gasteiger partial charge in [-0.25, -0.2) is 9.97 Å². The first kappa shape index (κ1) is 13.1. The number of benzene rings is 1. The van der Waals surface area contributed by atoms with E-state index in [1.54, 1.807) is 6.33 Å². The maximum atomic E-state index is 5.83. The maximum absolute atomic E-state index is 5.83. The minimum absolute atomic E-state index is 0.549. The quantitative estimate of drug-likeness (QED) is 0.843. The Kier molecular flexibility index (Phi) is 3.44. The molecule has 5 nitrogen and oxygen atoms in total. The van der Waals surface area contributed by atoms with Crippen molar-refractivity contribution in [2.45, 2.75) is 19.9 Å². The highest BCUT2D eigenvalue weighted by molar-refractivity contribution is 5.91. The molecule has 1 saturated heterocycles. The summed E-state index contributed by atoms with van der Waals surface area (Å²) in [5, 5.41) is 1.08. The molecule has 0 amide bonds. The van der Waals surface area contributed by atoms with Crippen molar-refractivity contribution < 1.29 is 0 Å². The topological polar surface area (TPSA) is 58.3 Å². The van der Waals surface area contributed by atoms with Gasteiger partial charge in [0.2, 0.25) is 0 Å². The predicted octanol–water partition coefficient (Wildman–Crippen LogP) is 1.74. The van der Waals surface area contributed by atoms with Crippen LogP contribution in [0.4, 0.5) is 11.5 Å². The van der Waals surface area contributed by atoms with E-state index in [0.29, 0.717) is 6.04 Å². The number of nitrogens with zero attached hydrogens (tertiary/aromatic N) is 4. The fourth-order valence-corrected chi connectivity index (χ4v) is 2.97. The number of nitrogen functional groups attached to an aromatic ring is 1. The van der Waals surface area contributed by atoms with E-state index in [0.717, 1.165) is 48.6 Å². The van der Waals surface area contributed by atoms with E-state index in [-0.39, 0.29) is 0 Å². The van der Waals surface area contributed by atoms with Crippen LogP contribution in [0.15, 0.2) is 24.5 Å². The first-order chi connectivity index (χ1) is 9.69. The molecule has 20 heavy (non-hydrogen) atoms. The van der Waals surface area contributed by atoms with Crippen molar-refractivity contribution in [2.75, 3.05) is 36.8 Å². The van der Waals surface area contributed by atoms with Crippen LogP contribution >= 0.6 is 0 Å². The summed E-state index contributed by atoms with van der Waals surface area (Å²) in [6, 6.07) is 6.40. The number of hydrogen-bond donors (Lipinski definition) is 1. The van der Waals surface area contributed by atoms with E-state index in [1.807, 2.05) is 18.2 Å². The fourth-order valence-electron chi connectivity index (χ4n) is 2.97. The predicted molar refractivity (Wildman–Crippen MR) is 82.9 cm³/mol. The summed E-state index contributed by atoms with van der Waals surface area (Å²) in [5.41, 5.74) is 7.49. The molecule has 1 aromatic heterocycles. The van der Waals surface area contributed by atoms with Crippen molar-refractivity contribution in [3.05, 3.63) is 24.5 Å². The zero-order valence-corrected chi connectivity index (χ0v) is 12.1. The molecule has 1 atom stereocenters. The Morgan fingerprint density at radius 1 is 1.30 bits per heavy atom. The van der Waals surface area contributed by atoms with Crippen LogP contribution in [0.2, 0.25) is 0 Å². The van der Waals surface area contributed by atoms with Crippen molar-refractivity contribution in [3.63, 3.8) is 0 Å². The third-order valence-corrected chi connectivity index (χ3v) is 4.11. The summed E-state index contributed by atoms with van der Waals surface area (Å²) in [5.74, 6) is 1.03. The number of aromatic nitrogens is 2. The third kappa shape index (κ3) is 2.29. The van der Waals surface area contributed by atoms with Gasteiger partial charge in [0, 0.05) is 36.7 Å². The van der Waals surface area contributed by atoms with E-state index in [1.165, 1.54) is 0 Å². The van der Waals surface area contributed by atoms with Crippen LogP contribution in [0.3, 0.4) is 0 Å². The normalized spacial score (nSPS) is 20.5. The number of nitrogens with two attached hydrogens (primary N) is 1. The van der Waals surface area contributed by atoms with Gasteiger partial charge in [0.1, 0.15) is 12.1 Å². The molecule has 1 aliphatic heterocycles. The van der Waals surface area contributed by atoms with E-state index >= 15 is 0 Å². The smallest absolute Gasteiger partial charge is 0.139 e. The molecule has 1 aliphatic rings. The van der Waals surface area contributed by atoms with E-state index < -0.39 is 0 Å². The summed E-state index contributed by atoms with van der Waals surface area (Å²) in [7, 11) is 0. The first-order valence-electron chi connectivity index (χ1n) is 7.18. The Bertz CT molecular complexity index is 612. The number of hydrogen-bond acceptors (Lipinski definition) is 5. The van der Waals surface area contributed by atoms with Crippen molar-refractivity contribution in [1.82, 2.24) is 14.9 Å². The first-order valence-corrected chi connectivity index (χ1v) is 7.18. The standard InChI is InChI=1S/C15H21N5/c1-3-19-6-7-20(9-11(19)2)15-13-5-4-12(16)8-14(13)17-10-18-15/h4-5,8,10-11H,3,6-7,9,16H2,1-2H3. The second-order valence-corrected chi connectivity index (χ2v) is 5.40. The maximum Gasteiger partial charge on any atom is 0.139 e. The van der Waals surface area contributed by atoms with Gasteiger partial charge in [0.05, 0.1) is 5.52 Å². The Morgan fingerprint density at radius 3 is 2.90 bits per heavy atom. The number of likely N-dealkylation sites (N-methyl/N-ethyl adjacent to an activating group) is 1. The van der Waals surface area contributed by atoms with Gasteiger partial charge in [-0.15, -0.1) is 0 Å². The number of fused-ring (bicyclic) bond motifs is 1. The molecule has 5 heteroatoms. The lowest BCUT2D eigenvalue weighted by atomic mass is 10.1. The molecule has 0 saturated carbocycles. The molecule has 1 unspecified atom stereocenters. The number of rotatable bonds is 2. The lowest BCUT2D eigenvalue weighted by Gasteiger charge is -2.40. The molecule has 0 bridgehead atoms. The zero-order valence-electron chi connectivity index (χ0n) is 12.1. The van der Waals surface area contributed by atoms with Crippen LogP contribution in [0, 0.1) is 0 Å². The monoisotopic (exact) mass is 271 g/mol. The van der Waals surface area contributed by atoms with Gasteiger partial charge in [-0.3, -0.25) is 4.90 Å². The SMILES string of the molecule is CCN1CCN(c2ncnc3cc(N)ccc23)CC1C. The lowest BCUT2D eigenvalue weighted by molar-refractivity contribution is 0.199. The molecule has 0 spiro atoms. The van der Waals surface area contributed by atoms with Crippen molar-refractivity contribution in [3.8, 4) is 0 Å². The lowest BCUT2D eigenvalue weighted by Crippen LogP contribution is -2.52. The number of piperazine rings is 1. The number of anilines is 2. The van der Waals surface area contributed by atoms with E-state index in [4.69, 9.17) is 5.73 Å². The van der Waals surface area contributed by atoms with Gasteiger partial charge in [-0.1, -0.05) is 6.92 Å². The van der Waals surface area contributed by atoms with Crippen LogP contribution in [-0.2, 0) is 0 Å². The summed E-state index contributed by atoms with van der Waals surface area (Å²) in [6.07, 6.45) is 1.63. The second-order valence-electron chi connectivity index (χ2n) is 5.40. The highest BCUT2D eigenvalue weighted by Crippen LogP contribution is 2.26.